The summed E-state index contributed by atoms with van der Waals surface area (Å²) in [4.78, 5) is 24.9. The predicted octanol–water partition coefficient (Wildman–Crippen LogP) is 7.36. The van der Waals surface area contributed by atoms with Crippen LogP contribution in [0.5, 0.6) is 23.0 Å². The number of nitrogens with one attached hydrogen (secondary N) is 2. The molecule has 0 aromatic heterocycles. The average Bonchev–Trinajstić information content (AvgIpc) is 2.92. The highest BCUT2D eigenvalue weighted by molar-refractivity contribution is 7.99. The molecule has 7 heteroatoms. The van der Waals surface area contributed by atoms with Gasteiger partial charge in [0, 0.05) is 24.3 Å². The van der Waals surface area contributed by atoms with E-state index in [-0.39, 0.29) is 11.8 Å². The third-order valence-corrected chi connectivity index (χ3v) is 6.20. The number of hydrogen-bond donors (Lipinski definition) is 2. The zero-order chi connectivity index (χ0) is 25.7. The second-order valence-corrected chi connectivity index (χ2v) is 9.26. The molecule has 2 amide bonds. The molecule has 4 rings (SSSR count). The lowest BCUT2D eigenvalue weighted by molar-refractivity contribution is -0.116. The molecule has 0 spiro atoms. The lowest BCUT2D eigenvalue weighted by Gasteiger charge is -2.12. The third kappa shape index (κ3) is 8.44. The summed E-state index contributed by atoms with van der Waals surface area (Å²) in [5, 5.41) is 5.84. The summed E-state index contributed by atoms with van der Waals surface area (Å²) in [5.74, 6) is 3.58. The highest BCUT2D eigenvalue weighted by Crippen LogP contribution is 2.30. The van der Waals surface area contributed by atoms with Crippen molar-refractivity contribution in [2.75, 3.05) is 22.1 Å². The van der Waals surface area contributed by atoms with Gasteiger partial charge in [-0.15, -0.1) is 0 Å². The van der Waals surface area contributed by atoms with Crippen LogP contribution in [0.3, 0.4) is 0 Å². The summed E-state index contributed by atoms with van der Waals surface area (Å²) in [6.45, 7) is 0. The molecule has 0 aliphatic carbocycles. The summed E-state index contributed by atoms with van der Waals surface area (Å²) < 4.78 is 11.8. The SMILES string of the molecule is O=C(CCSCCC(=O)Nc1ccccc1Oc1ccccc1)Nc1ccccc1Oc1ccccc1. The highest BCUT2D eigenvalue weighted by atomic mass is 32.2. The van der Waals surface area contributed by atoms with Gasteiger partial charge in [-0.2, -0.15) is 11.8 Å². The molecule has 0 unspecified atom stereocenters. The Balaban J connectivity index is 1.18. The lowest BCUT2D eigenvalue weighted by atomic mass is 10.2. The number of carbonyl (C=O) groups is 2. The number of anilines is 2. The van der Waals surface area contributed by atoms with Crippen LogP contribution in [-0.2, 0) is 9.59 Å². The van der Waals surface area contributed by atoms with Gasteiger partial charge in [-0.3, -0.25) is 9.59 Å². The molecule has 0 saturated carbocycles. The molecular weight excluding hydrogens is 484 g/mol. The van der Waals surface area contributed by atoms with Crippen molar-refractivity contribution in [3.05, 3.63) is 109 Å². The van der Waals surface area contributed by atoms with E-state index in [0.29, 0.717) is 58.7 Å². The van der Waals surface area contributed by atoms with Gasteiger partial charge >= 0.3 is 0 Å². The number of benzene rings is 4. The van der Waals surface area contributed by atoms with Gasteiger partial charge < -0.3 is 20.1 Å². The Morgan fingerprint density at radius 2 is 0.919 bits per heavy atom. The van der Waals surface area contributed by atoms with E-state index < -0.39 is 0 Å². The molecular formula is C30H28N2O4S. The largest absolute Gasteiger partial charge is 0.455 e. The summed E-state index contributed by atoms with van der Waals surface area (Å²) >= 11 is 1.56. The zero-order valence-corrected chi connectivity index (χ0v) is 21.1. The average molecular weight is 513 g/mol. The highest BCUT2D eigenvalue weighted by Gasteiger charge is 2.11. The predicted molar refractivity (Wildman–Crippen MR) is 150 cm³/mol. The molecule has 6 nitrogen and oxygen atoms in total. The van der Waals surface area contributed by atoms with E-state index in [1.54, 1.807) is 11.8 Å². The molecule has 0 aliphatic heterocycles. The van der Waals surface area contributed by atoms with E-state index in [9.17, 15) is 9.59 Å². The van der Waals surface area contributed by atoms with Crippen LogP contribution < -0.4 is 20.1 Å². The van der Waals surface area contributed by atoms with Gasteiger partial charge in [-0.1, -0.05) is 60.7 Å². The molecule has 4 aromatic carbocycles. The molecule has 0 bridgehead atoms. The van der Waals surface area contributed by atoms with E-state index in [1.807, 2.05) is 109 Å². The standard InChI is InChI=1S/C30H28N2O4S/c33-29(31-25-15-7-9-17-27(25)35-23-11-3-1-4-12-23)19-21-37-22-20-30(34)32-26-16-8-10-18-28(26)36-24-13-5-2-6-14-24/h1-18H,19-22H2,(H,31,33)(H,32,34). The van der Waals surface area contributed by atoms with Crippen LogP contribution in [0.1, 0.15) is 12.8 Å². The summed E-state index contributed by atoms with van der Waals surface area (Å²) in [7, 11) is 0. The number of carbonyl (C=O) groups excluding carboxylic acids is 2. The minimum Gasteiger partial charge on any atom is -0.455 e. The minimum absolute atomic E-state index is 0.104. The fourth-order valence-electron chi connectivity index (χ4n) is 3.41. The lowest BCUT2D eigenvalue weighted by Crippen LogP contribution is -2.14. The van der Waals surface area contributed by atoms with Gasteiger partial charge in [0.2, 0.25) is 11.8 Å². The fraction of sp³-hybridized carbons (Fsp3) is 0.133. The van der Waals surface area contributed by atoms with Crippen LogP contribution in [-0.4, -0.2) is 23.3 Å². The Morgan fingerprint density at radius 1 is 0.541 bits per heavy atom. The number of para-hydroxylation sites is 6. The first-order chi connectivity index (χ1) is 18.2. The Labute approximate surface area is 221 Å². The Bertz CT molecular complexity index is 1200. The Morgan fingerprint density at radius 3 is 1.35 bits per heavy atom. The van der Waals surface area contributed by atoms with Gasteiger partial charge in [0.05, 0.1) is 11.4 Å². The molecule has 4 aromatic rings. The maximum Gasteiger partial charge on any atom is 0.225 e. The van der Waals surface area contributed by atoms with Crippen molar-refractivity contribution < 1.29 is 19.1 Å². The van der Waals surface area contributed by atoms with Crippen molar-refractivity contribution in [1.82, 2.24) is 0 Å². The van der Waals surface area contributed by atoms with Crippen LogP contribution >= 0.6 is 11.8 Å². The smallest absolute Gasteiger partial charge is 0.225 e. The number of rotatable bonds is 12. The Kier molecular flexibility index (Phi) is 9.61. The van der Waals surface area contributed by atoms with Gasteiger partial charge in [0.15, 0.2) is 11.5 Å². The molecule has 0 atom stereocenters. The third-order valence-electron chi connectivity index (χ3n) is 5.21. The monoisotopic (exact) mass is 512 g/mol. The molecule has 0 fully saturated rings. The molecule has 188 valence electrons. The van der Waals surface area contributed by atoms with Crippen molar-refractivity contribution in [2.45, 2.75) is 12.8 Å². The van der Waals surface area contributed by atoms with E-state index in [4.69, 9.17) is 9.47 Å². The van der Waals surface area contributed by atoms with Gasteiger partial charge in [0.1, 0.15) is 11.5 Å². The minimum atomic E-state index is -0.104. The summed E-state index contributed by atoms with van der Waals surface area (Å²) in [6.07, 6.45) is 0.666. The van der Waals surface area contributed by atoms with E-state index >= 15 is 0 Å². The molecule has 0 aliphatic rings. The summed E-state index contributed by atoms with van der Waals surface area (Å²) in [6, 6.07) is 33.5. The normalized spacial score (nSPS) is 10.4. The number of hydrogen-bond acceptors (Lipinski definition) is 5. The maximum absolute atomic E-state index is 12.5. The van der Waals surface area contributed by atoms with Crippen molar-refractivity contribution in [1.29, 1.82) is 0 Å². The van der Waals surface area contributed by atoms with Crippen molar-refractivity contribution >= 4 is 35.0 Å². The van der Waals surface area contributed by atoms with E-state index in [1.165, 1.54) is 0 Å². The van der Waals surface area contributed by atoms with Crippen LogP contribution in [0, 0.1) is 0 Å². The van der Waals surface area contributed by atoms with Crippen molar-refractivity contribution in [3.8, 4) is 23.0 Å². The number of ether oxygens (including phenoxy) is 2. The molecule has 0 saturated heterocycles. The first-order valence-corrected chi connectivity index (χ1v) is 13.1. The van der Waals surface area contributed by atoms with Crippen molar-refractivity contribution in [2.24, 2.45) is 0 Å². The topological polar surface area (TPSA) is 76.7 Å². The van der Waals surface area contributed by atoms with Crippen LogP contribution in [0.25, 0.3) is 0 Å². The van der Waals surface area contributed by atoms with Crippen LogP contribution in [0.2, 0.25) is 0 Å². The quantitative estimate of drug-likeness (QED) is 0.194. The second kappa shape index (κ2) is 13.8. The van der Waals surface area contributed by atoms with Crippen LogP contribution in [0.4, 0.5) is 11.4 Å². The molecule has 37 heavy (non-hydrogen) atoms. The molecule has 2 N–H and O–H groups in total. The van der Waals surface area contributed by atoms with Crippen LogP contribution in [0.15, 0.2) is 109 Å². The first-order valence-electron chi connectivity index (χ1n) is 12.0. The molecule has 0 radical (unpaired) electrons. The molecule has 0 heterocycles. The first kappa shape index (κ1) is 25.9. The zero-order valence-electron chi connectivity index (χ0n) is 20.3. The van der Waals surface area contributed by atoms with Gasteiger partial charge in [0.25, 0.3) is 0 Å². The number of thioether (sulfide) groups is 1. The van der Waals surface area contributed by atoms with Crippen molar-refractivity contribution in [3.63, 3.8) is 0 Å². The van der Waals surface area contributed by atoms with Gasteiger partial charge in [-0.25, -0.2) is 0 Å². The van der Waals surface area contributed by atoms with Gasteiger partial charge in [-0.05, 0) is 48.5 Å². The summed E-state index contributed by atoms with van der Waals surface area (Å²) in [5.41, 5.74) is 1.24. The fourth-order valence-corrected chi connectivity index (χ4v) is 4.27. The second-order valence-electron chi connectivity index (χ2n) is 8.03. The number of amides is 2. The maximum atomic E-state index is 12.5. The van der Waals surface area contributed by atoms with E-state index in [2.05, 4.69) is 10.6 Å². The Hall–Kier alpha value is -4.23. The van der Waals surface area contributed by atoms with E-state index in [0.717, 1.165) is 0 Å².